The third kappa shape index (κ3) is 3.88. The van der Waals surface area contributed by atoms with Gasteiger partial charge in [0.2, 0.25) is 0 Å². The smallest absolute Gasteiger partial charge is 0.307 e. The minimum absolute atomic E-state index is 0.108. The van der Waals surface area contributed by atoms with Gasteiger partial charge in [-0.1, -0.05) is 36.4 Å². The lowest BCUT2D eigenvalue weighted by atomic mass is 9.99. The van der Waals surface area contributed by atoms with Crippen LogP contribution >= 0.6 is 0 Å². The molecule has 2 aromatic heterocycles. The maximum absolute atomic E-state index is 15.0. The Labute approximate surface area is 172 Å². The molecule has 30 heavy (non-hydrogen) atoms. The maximum Gasteiger partial charge on any atom is 0.307 e. The second-order valence-corrected chi connectivity index (χ2v) is 6.85. The van der Waals surface area contributed by atoms with Crippen LogP contribution in [-0.2, 0) is 24.4 Å². The van der Waals surface area contributed by atoms with E-state index in [1.165, 1.54) is 0 Å². The number of para-hydroxylation sites is 1. The third-order valence-corrected chi connectivity index (χ3v) is 4.86. The van der Waals surface area contributed by atoms with E-state index in [0.717, 1.165) is 5.39 Å². The van der Waals surface area contributed by atoms with Crippen molar-refractivity contribution in [3.8, 4) is 16.9 Å². The molecule has 6 nitrogen and oxygen atoms in total. The summed E-state index contributed by atoms with van der Waals surface area (Å²) in [7, 11) is 0. The minimum Gasteiger partial charge on any atom is -0.487 e. The fourth-order valence-corrected chi connectivity index (χ4v) is 3.44. The number of ether oxygens (including phenoxy) is 1. The molecule has 7 heteroatoms. The summed E-state index contributed by atoms with van der Waals surface area (Å²) in [6.45, 7) is 0.216. The average Bonchev–Trinajstić information content (AvgIpc) is 3.21. The number of carbonyl (C=O) groups is 1. The van der Waals surface area contributed by atoms with Gasteiger partial charge in [0.25, 0.3) is 0 Å². The van der Waals surface area contributed by atoms with E-state index in [4.69, 9.17) is 15.6 Å². The Kier molecular flexibility index (Phi) is 5.45. The predicted octanol–water partition coefficient (Wildman–Crippen LogP) is 4.03. The fourth-order valence-electron chi connectivity index (χ4n) is 3.44. The monoisotopic (exact) mass is 405 g/mol. The normalized spacial score (nSPS) is 11.0. The van der Waals surface area contributed by atoms with Crippen molar-refractivity contribution in [2.24, 2.45) is 5.73 Å². The number of carboxylic acids is 1. The van der Waals surface area contributed by atoms with Gasteiger partial charge in [0.15, 0.2) is 0 Å². The van der Waals surface area contributed by atoms with Crippen molar-refractivity contribution in [1.82, 2.24) is 9.97 Å². The Balaban J connectivity index is 1.70. The lowest BCUT2D eigenvalue weighted by Gasteiger charge is -2.13. The first-order valence-electron chi connectivity index (χ1n) is 9.44. The molecule has 0 saturated carbocycles. The summed E-state index contributed by atoms with van der Waals surface area (Å²) in [5.41, 5.74) is 9.00. The number of aromatic amines is 1. The van der Waals surface area contributed by atoms with Crippen LogP contribution in [0.4, 0.5) is 4.39 Å². The van der Waals surface area contributed by atoms with Gasteiger partial charge in [0.05, 0.1) is 12.1 Å². The highest BCUT2D eigenvalue weighted by Gasteiger charge is 2.15. The molecular weight excluding hydrogens is 385 g/mol. The van der Waals surface area contributed by atoms with Gasteiger partial charge in [-0.15, -0.1) is 0 Å². The van der Waals surface area contributed by atoms with Crippen LogP contribution < -0.4 is 10.5 Å². The Hall–Kier alpha value is -3.71. The van der Waals surface area contributed by atoms with Gasteiger partial charge in [-0.2, -0.15) is 0 Å². The van der Waals surface area contributed by atoms with Gasteiger partial charge in [-0.05, 0) is 23.8 Å². The second kappa shape index (κ2) is 8.34. The second-order valence-electron chi connectivity index (χ2n) is 6.85. The molecule has 2 aromatic carbocycles. The van der Waals surface area contributed by atoms with E-state index in [1.807, 2.05) is 6.07 Å². The molecule has 0 amide bonds. The number of rotatable bonds is 7. The summed E-state index contributed by atoms with van der Waals surface area (Å²) in [6.07, 6.45) is 1.61. The lowest BCUT2D eigenvalue weighted by Crippen LogP contribution is -2.05. The van der Waals surface area contributed by atoms with Gasteiger partial charge >= 0.3 is 5.97 Å². The van der Waals surface area contributed by atoms with E-state index in [9.17, 15) is 9.18 Å². The van der Waals surface area contributed by atoms with Crippen molar-refractivity contribution in [2.75, 3.05) is 0 Å². The first kappa shape index (κ1) is 19.6. The first-order valence-corrected chi connectivity index (χ1v) is 9.44. The van der Waals surface area contributed by atoms with Crippen LogP contribution in [0.25, 0.3) is 22.2 Å². The molecule has 0 spiro atoms. The molecule has 4 N–H and O–H groups in total. The quantitative estimate of drug-likeness (QED) is 0.431. The zero-order valence-electron chi connectivity index (χ0n) is 16.1. The fraction of sp³-hybridized carbons (Fsp3) is 0.130. The largest absolute Gasteiger partial charge is 0.487 e. The van der Waals surface area contributed by atoms with Gasteiger partial charge in [0, 0.05) is 34.8 Å². The summed E-state index contributed by atoms with van der Waals surface area (Å²) in [5.74, 6) is -0.812. The molecule has 2 heterocycles. The van der Waals surface area contributed by atoms with Crippen molar-refractivity contribution in [3.05, 3.63) is 83.4 Å². The average molecular weight is 405 g/mol. The summed E-state index contributed by atoms with van der Waals surface area (Å²) >= 11 is 0. The van der Waals surface area contributed by atoms with E-state index in [-0.39, 0.29) is 25.4 Å². The summed E-state index contributed by atoms with van der Waals surface area (Å²) in [6, 6.07) is 15.8. The number of nitrogens with two attached hydrogens (primary N) is 1. The maximum atomic E-state index is 15.0. The SMILES string of the molecule is NCc1cccc(-c2cc(COc3ccccc3CC(=O)O)nc3[nH]ccc23)c1F. The van der Waals surface area contributed by atoms with Crippen LogP contribution in [0.1, 0.15) is 16.8 Å². The van der Waals surface area contributed by atoms with Crippen LogP contribution in [-0.4, -0.2) is 21.0 Å². The van der Waals surface area contributed by atoms with Crippen molar-refractivity contribution in [3.63, 3.8) is 0 Å². The zero-order valence-corrected chi connectivity index (χ0v) is 16.1. The number of aromatic nitrogens is 2. The Morgan fingerprint density at radius 3 is 2.70 bits per heavy atom. The minimum atomic E-state index is -0.936. The molecule has 0 radical (unpaired) electrons. The number of fused-ring (bicyclic) bond motifs is 1. The van der Waals surface area contributed by atoms with Gasteiger partial charge in [-0.3, -0.25) is 4.79 Å². The number of aliphatic carboxylic acids is 1. The van der Waals surface area contributed by atoms with Gasteiger partial charge in [-0.25, -0.2) is 9.37 Å². The molecule has 152 valence electrons. The van der Waals surface area contributed by atoms with Gasteiger partial charge in [0.1, 0.15) is 23.8 Å². The van der Waals surface area contributed by atoms with Crippen LogP contribution in [0.5, 0.6) is 5.75 Å². The number of hydrogen-bond donors (Lipinski definition) is 3. The topological polar surface area (TPSA) is 101 Å². The molecule has 0 bridgehead atoms. The van der Waals surface area contributed by atoms with Crippen molar-refractivity contribution in [2.45, 2.75) is 19.6 Å². The molecule has 0 aliphatic rings. The Morgan fingerprint density at radius 1 is 1.10 bits per heavy atom. The molecule has 0 aliphatic carbocycles. The number of benzene rings is 2. The molecule has 0 fully saturated rings. The van der Waals surface area contributed by atoms with E-state index in [2.05, 4.69) is 9.97 Å². The van der Waals surface area contributed by atoms with Crippen LogP contribution in [0.15, 0.2) is 60.8 Å². The molecule has 4 rings (SSSR count). The number of H-pyrrole nitrogens is 1. The summed E-state index contributed by atoms with van der Waals surface area (Å²) < 4.78 is 20.8. The van der Waals surface area contributed by atoms with E-state index in [0.29, 0.717) is 39.3 Å². The molecule has 0 atom stereocenters. The van der Waals surface area contributed by atoms with E-state index in [1.54, 1.807) is 54.7 Å². The standard InChI is InChI=1S/C23H20FN3O3/c24-22-15(12-25)5-3-6-17(22)19-11-16(27-23-18(19)8-9-26-23)13-30-20-7-2-1-4-14(20)10-21(28)29/h1-9,11H,10,12-13,25H2,(H,26,27)(H,28,29). The summed E-state index contributed by atoms with van der Waals surface area (Å²) in [4.78, 5) is 18.7. The molecule has 0 saturated heterocycles. The van der Waals surface area contributed by atoms with Gasteiger partial charge < -0.3 is 20.6 Å². The molecule has 0 unspecified atom stereocenters. The zero-order chi connectivity index (χ0) is 21.1. The number of hydrogen-bond acceptors (Lipinski definition) is 4. The van der Waals surface area contributed by atoms with E-state index >= 15 is 0 Å². The van der Waals surface area contributed by atoms with Crippen LogP contribution in [0, 0.1) is 5.82 Å². The number of nitrogens with one attached hydrogen (secondary N) is 1. The Morgan fingerprint density at radius 2 is 1.90 bits per heavy atom. The van der Waals surface area contributed by atoms with E-state index < -0.39 is 5.97 Å². The summed E-state index contributed by atoms with van der Waals surface area (Å²) in [5, 5.41) is 9.88. The van der Waals surface area contributed by atoms with Crippen molar-refractivity contribution in [1.29, 1.82) is 0 Å². The van der Waals surface area contributed by atoms with Crippen LogP contribution in [0.2, 0.25) is 0 Å². The number of pyridine rings is 1. The first-order chi connectivity index (χ1) is 14.6. The molecule has 4 aromatic rings. The molecular formula is C23H20FN3O3. The van der Waals surface area contributed by atoms with Crippen molar-refractivity contribution < 1.29 is 19.0 Å². The number of halogens is 1. The van der Waals surface area contributed by atoms with Crippen LogP contribution in [0.3, 0.4) is 0 Å². The number of nitrogens with zero attached hydrogens (tertiary/aromatic N) is 1. The highest BCUT2D eigenvalue weighted by Crippen LogP contribution is 2.32. The predicted molar refractivity (Wildman–Crippen MR) is 111 cm³/mol. The lowest BCUT2D eigenvalue weighted by molar-refractivity contribution is -0.136. The highest BCUT2D eigenvalue weighted by atomic mass is 19.1. The van der Waals surface area contributed by atoms with Crippen molar-refractivity contribution >= 4 is 17.0 Å². The third-order valence-electron chi connectivity index (χ3n) is 4.86. The molecule has 0 aliphatic heterocycles. The Bertz CT molecular complexity index is 1220. The highest BCUT2D eigenvalue weighted by molar-refractivity contribution is 5.93. The number of carboxylic acid groups (broad SMARTS) is 1.